The molecular weight excluding hydrogens is 370 g/mol. The maximum absolute atomic E-state index is 12.5. The van der Waals surface area contributed by atoms with E-state index in [9.17, 15) is 13.5 Å². The minimum Gasteiger partial charge on any atom is -0.497 e. The zero-order valence-corrected chi connectivity index (χ0v) is 15.8. The van der Waals surface area contributed by atoms with Crippen LogP contribution in [-0.2, 0) is 10.0 Å². The number of ether oxygens (including phenoxy) is 1. The molecular formula is C16H20ClNO4S2. The van der Waals surface area contributed by atoms with E-state index < -0.39 is 16.1 Å². The van der Waals surface area contributed by atoms with Gasteiger partial charge in [-0.05, 0) is 36.2 Å². The lowest BCUT2D eigenvalue weighted by molar-refractivity contribution is 0.236. The molecule has 8 heteroatoms. The Kier molecular flexibility index (Phi) is 6.65. The van der Waals surface area contributed by atoms with Gasteiger partial charge in [-0.25, -0.2) is 13.1 Å². The van der Waals surface area contributed by atoms with Crippen LogP contribution in [0.4, 0.5) is 0 Å². The molecule has 2 N–H and O–H groups in total. The van der Waals surface area contributed by atoms with Crippen molar-refractivity contribution in [1.29, 1.82) is 0 Å². The monoisotopic (exact) mass is 389 g/mol. The number of aliphatic hydroxyl groups is 1. The SMILES string of the molecule is CC[C@H](c1ccc(OC)cc1)[C@@H](CO)NS(=O)(=O)c1ccc(Cl)s1. The number of hydrogen-bond acceptors (Lipinski definition) is 5. The van der Waals surface area contributed by atoms with Crippen LogP contribution >= 0.6 is 22.9 Å². The van der Waals surface area contributed by atoms with Gasteiger partial charge in [0.15, 0.2) is 0 Å². The molecule has 2 atom stereocenters. The number of rotatable bonds is 8. The lowest BCUT2D eigenvalue weighted by Gasteiger charge is -2.25. The molecule has 2 rings (SSSR count). The zero-order valence-electron chi connectivity index (χ0n) is 13.4. The van der Waals surface area contributed by atoms with Gasteiger partial charge in [0, 0.05) is 5.92 Å². The Morgan fingerprint density at radius 3 is 2.38 bits per heavy atom. The second-order valence-corrected chi connectivity index (χ2v) is 8.91. The van der Waals surface area contributed by atoms with Crippen LogP contribution in [0.15, 0.2) is 40.6 Å². The van der Waals surface area contributed by atoms with Gasteiger partial charge in [-0.3, -0.25) is 0 Å². The molecule has 1 aromatic heterocycles. The molecule has 0 unspecified atom stereocenters. The number of methoxy groups -OCH3 is 1. The fraction of sp³-hybridized carbons (Fsp3) is 0.375. The molecule has 2 aromatic rings. The summed E-state index contributed by atoms with van der Waals surface area (Å²) < 4.78 is 33.2. The van der Waals surface area contributed by atoms with Gasteiger partial charge in [-0.2, -0.15) is 0 Å². The van der Waals surface area contributed by atoms with Crippen molar-refractivity contribution >= 4 is 33.0 Å². The summed E-state index contributed by atoms with van der Waals surface area (Å²) in [5, 5.41) is 9.73. The van der Waals surface area contributed by atoms with Crippen molar-refractivity contribution in [2.45, 2.75) is 29.5 Å². The Morgan fingerprint density at radius 1 is 1.25 bits per heavy atom. The van der Waals surface area contributed by atoms with Crippen molar-refractivity contribution in [2.75, 3.05) is 13.7 Å². The van der Waals surface area contributed by atoms with E-state index in [2.05, 4.69) is 4.72 Å². The molecule has 0 saturated heterocycles. The van der Waals surface area contributed by atoms with Crippen molar-refractivity contribution < 1.29 is 18.3 Å². The Balaban J connectivity index is 2.24. The van der Waals surface area contributed by atoms with Gasteiger partial charge in [0.2, 0.25) is 10.0 Å². The van der Waals surface area contributed by atoms with E-state index in [4.69, 9.17) is 16.3 Å². The molecule has 0 aliphatic rings. The average Bonchev–Trinajstić information content (AvgIpc) is 3.02. The van der Waals surface area contributed by atoms with Crippen LogP contribution in [0, 0.1) is 0 Å². The van der Waals surface area contributed by atoms with Gasteiger partial charge in [-0.15, -0.1) is 11.3 Å². The number of hydrogen-bond donors (Lipinski definition) is 2. The van der Waals surface area contributed by atoms with Crippen molar-refractivity contribution in [1.82, 2.24) is 4.72 Å². The lowest BCUT2D eigenvalue weighted by atomic mass is 9.90. The van der Waals surface area contributed by atoms with Gasteiger partial charge >= 0.3 is 0 Å². The molecule has 1 heterocycles. The molecule has 1 aromatic carbocycles. The van der Waals surface area contributed by atoms with Crippen molar-refractivity contribution in [2.24, 2.45) is 0 Å². The largest absolute Gasteiger partial charge is 0.497 e. The first-order valence-corrected chi connectivity index (χ1v) is 10.1. The summed E-state index contributed by atoms with van der Waals surface area (Å²) in [6.45, 7) is 1.65. The number of aliphatic hydroxyl groups excluding tert-OH is 1. The maximum atomic E-state index is 12.5. The first-order valence-electron chi connectivity index (χ1n) is 7.43. The van der Waals surface area contributed by atoms with Gasteiger partial charge in [0.05, 0.1) is 24.1 Å². The molecule has 24 heavy (non-hydrogen) atoms. The highest BCUT2D eigenvalue weighted by Crippen LogP contribution is 2.29. The third-order valence-corrected chi connectivity index (χ3v) is 7.00. The fourth-order valence-corrected chi connectivity index (χ4v) is 5.32. The highest BCUT2D eigenvalue weighted by molar-refractivity contribution is 7.91. The van der Waals surface area contributed by atoms with Gasteiger partial charge in [0.25, 0.3) is 0 Å². The number of nitrogens with one attached hydrogen (secondary N) is 1. The van der Waals surface area contributed by atoms with Gasteiger partial charge in [0.1, 0.15) is 9.96 Å². The first-order chi connectivity index (χ1) is 11.4. The van der Waals surface area contributed by atoms with Gasteiger partial charge < -0.3 is 9.84 Å². The molecule has 0 bridgehead atoms. The molecule has 0 saturated carbocycles. The van der Waals surface area contributed by atoms with E-state index in [0.29, 0.717) is 10.8 Å². The molecule has 0 radical (unpaired) electrons. The predicted molar refractivity (Wildman–Crippen MR) is 96.6 cm³/mol. The minimum absolute atomic E-state index is 0.135. The van der Waals surface area contributed by atoms with E-state index >= 15 is 0 Å². The Labute approximate surface area is 151 Å². The summed E-state index contributed by atoms with van der Waals surface area (Å²) in [6.07, 6.45) is 0.672. The summed E-state index contributed by atoms with van der Waals surface area (Å²) in [4.78, 5) is 0. The summed E-state index contributed by atoms with van der Waals surface area (Å²) in [5.74, 6) is 0.564. The Morgan fingerprint density at radius 2 is 1.92 bits per heavy atom. The third-order valence-electron chi connectivity index (χ3n) is 3.79. The summed E-state index contributed by atoms with van der Waals surface area (Å²) in [6, 6.07) is 9.76. The van der Waals surface area contributed by atoms with Crippen molar-refractivity contribution in [3.63, 3.8) is 0 Å². The summed E-state index contributed by atoms with van der Waals surface area (Å²) >= 11 is 6.80. The van der Waals surface area contributed by atoms with E-state index in [1.165, 1.54) is 12.1 Å². The first kappa shape index (κ1) is 19.2. The number of benzene rings is 1. The predicted octanol–water partition coefficient (Wildman–Crippen LogP) is 3.24. The quantitative estimate of drug-likeness (QED) is 0.726. The molecule has 132 valence electrons. The van der Waals surface area contributed by atoms with Crippen molar-refractivity contribution in [3.05, 3.63) is 46.3 Å². The van der Waals surface area contributed by atoms with Crippen LogP contribution < -0.4 is 9.46 Å². The van der Waals surface area contributed by atoms with E-state index in [0.717, 1.165) is 22.6 Å². The van der Waals surface area contributed by atoms with Crippen LogP contribution in [0.1, 0.15) is 24.8 Å². The van der Waals surface area contributed by atoms with Crippen LogP contribution in [0.2, 0.25) is 4.34 Å². The van der Waals surface area contributed by atoms with Crippen molar-refractivity contribution in [3.8, 4) is 5.75 Å². The number of thiophene rings is 1. The van der Waals surface area contributed by atoms with E-state index in [-0.39, 0.29) is 16.7 Å². The summed E-state index contributed by atoms with van der Waals surface area (Å²) in [5.41, 5.74) is 0.935. The van der Waals surface area contributed by atoms with Crippen LogP contribution in [0.25, 0.3) is 0 Å². The topological polar surface area (TPSA) is 75.6 Å². The molecule has 0 spiro atoms. The standard InChI is InChI=1S/C16H20ClNO4S2/c1-3-13(11-4-6-12(22-2)7-5-11)14(10-19)18-24(20,21)16-9-8-15(17)23-16/h4-9,13-14,18-19H,3,10H2,1-2H3/t13-,14-/m1/s1. The van der Waals surface area contributed by atoms with Gasteiger partial charge in [-0.1, -0.05) is 30.7 Å². The normalized spacial score (nSPS) is 14.3. The van der Waals surface area contributed by atoms with E-state index in [1.807, 2.05) is 31.2 Å². The Bertz CT molecular complexity index is 759. The van der Waals surface area contributed by atoms with Crippen LogP contribution in [-0.4, -0.2) is 33.3 Å². The minimum atomic E-state index is -3.73. The molecule has 0 amide bonds. The lowest BCUT2D eigenvalue weighted by Crippen LogP contribution is -2.41. The fourth-order valence-electron chi connectivity index (χ4n) is 2.55. The van der Waals surface area contributed by atoms with Crippen LogP contribution in [0.3, 0.4) is 0 Å². The Hall–Kier alpha value is -1.12. The third kappa shape index (κ3) is 4.49. The van der Waals surface area contributed by atoms with E-state index in [1.54, 1.807) is 7.11 Å². The molecule has 5 nitrogen and oxygen atoms in total. The zero-order chi connectivity index (χ0) is 17.7. The smallest absolute Gasteiger partial charge is 0.250 e. The molecule has 0 aliphatic carbocycles. The number of halogens is 1. The molecule has 0 fully saturated rings. The highest BCUT2D eigenvalue weighted by atomic mass is 35.5. The second kappa shape index (κ2) is 8.31. The van der Waals surface area contributed by atoms with Crippen LogP contribution in [0.5, 0.6) is 5.75 Å². The number of sulfonamides is 1. The highest BCUT2D eigenvalue weighted by Gasteiger charge is 2.27. The molecule has 0 aliphatic heterocycles. The maximum Gasteiger partial charge on any atom is 0.250 e. The second-order valence-electron chi connectivity index (χ2n) is 5.26. The average molecular weight is 390 g/mol. The summed E-state index contributed by atoms with van der Waals surface area (Å²) in [7, 11) is -2.14.